The average Bonchev–Trinajstić information content (AvgIpc) is 3.35. The minimum Gasteiger partial charge on any atom is -0.301 e. The lowest BCUT2D eigenvalue weighted by Gasteiger charge is -2.12. The van der Waals surface area contributed by atoms with Crippen molar-refractivity contribution in [3.05, 3.63) is 64.9 Å². The number of hydrogen-bond acceptors (Lipinski definition) is 7. The Bertz CT molecular complexity index is 1190. The average molecular weight is 437 g/mol. The molecule has 0 atom stereocenters. The number of nitrogens with zero attached hydrogens (tertiary/aromatic N) is 5. The number of rotatable bonds is 6. The number of pyridine rings is 1. The number of thiazole rings is 1. The summed E-state index contributed by atoms with van der Waals surface area (Å²) in [5.74, 6) is 0.850. The maximum atomic E-state index is 12.5. The highest BCUT2D eigenvalue weighted by Crippen LogP contribution is 2.26. The molecule has 30 heavy (non-hydrogen) atoms. The number of aromatic nitrogens is 5. The second-order valence-electron chi connectivity index (χ2n) is 6.74. The van der Waals surface area contributed by atoms with Gasteiger partial charge in [0.15, 0.2) is 10.3 Å². The molecule has 1 N–H and O–H groups in total. The molecule has 0 spiro atoms. The van der Waals surface area contributed by atoms with Gasteiger partial charge in [-0.3, -0.25) is 14.3 Å². The number of carbonyl (C=O) groups excluding carboxylic acids is 1. The largest absolute Gasteiger partial charge is 0.301 e. The first-order valence-electron chi connectivity index (χ1n) is 9.30. The van der Waals surface area contributed by atoms with Crippen molar-refractivity contribution in [2.75, 3.05) is 11.1 Å². The molecule has 1 aromatic carbocycles. The number of hydrogen-bond donors (Lipinski definition) is 1. The summed E-state index contributed by atoms with van der Waals surface area (Å²) < 4.78 is 1.99. The maximum absolute atomic E-state index is 12.5. The molecule has 7 nitrogen and oxygen atoms in total. The predicted molar refractivity (Wildman–Crippen MR) is 120 cm³/mol. The lowest BCUT2D eigenvalue weighted by Crippen LogP contribution is -2.14. The molecule has 3 aromatic heterocycles. The second-order valence-corrected chi connectivity index (χ2v) is 8.55. The Kier molecular flexibility index (Phi) is 5.91. The Morgan fingerprint density at radius 3 is 2.80 bits per heavy atom. The van der Waals surface area contributed by atoms with E-state index in [0.717, 1.165) is 34.0 Å². The number of thioether (sulfide) groups is 1. The summed E-state index contributed by atoms with van der Waals surface area (Å²) in [6.45, 7) is 6.01. The van der Waals surface area contributed by atoms with E-state index in [0.29, 0.717) is 10.3 Å². The summed E-state index contributed by atoms with van der Waals surface area (Å²) in [4.78, 5) is 21.2. The lowest BCUT2D eigenvalue weighted by atomic mass is 10.1. The van der Waals surface area contributed by atoms with Crippen LogP contribution in [0.4, 0.5) is 5.13 Å². The van der Waals surface area contributed by atoms with Gasteiger partial charge in [0.1, 0.15) is 11.5 Å². The molecule has 0 fully saturated rings. The van der Waals surface area contributed by atoms with Crippen LogP contribution in [0.5, 0.6) is 0 Å². The number of aryl methyl sites for hydroxylation is 3. The Labute approximate surface area is 182 Å². The van der Waals surface area contributed by atoms with Gasteiger partial charge in [0.2, 0.25) is 5.91 Å². The zero-order valence-electron chi connectivity index (χ0n) is 16.8. The first-order valence-corrected chi connectivity index (χ1v) is 11.2. The quantitative estimate of drug-likeness (QED) is 0.450. The molecular formula is C21H20N6OS2. The van der Waals surface area contributed by atoms with Crippen molar-refractivity contribution in [1.82, 2.24) is 24.7 Å². The van der Waals surface area contributed by atoms with Crippen LogP contribution in [0.2, 0.25) is 0 Å². The van der Waals surface area contributed by atoms with Crippen LogP contribution in [0.3, 0.4) is 0 Å². The molecule has 9 heteroatoms. The first kappa shape index (κ1) is 20.2. The number of carbonyl (C=O) groups is 1. The summed E-state index contributed by atoms with van der Waals surface area (Å²) in [7, 11) is 0. The summed E-state index contributed by atoms with van der Waals surface area (Å²) in [6, 6.07) is 11.9. The summed E-state index contributed by atoms with van der Waals surface area (Å²) in [5, 5.41) is 14.4. The molecular weight excluding hydrogens is 416 g/mol. The number of anilines is 1. The molecule has 0 aliphatic carbocycles. The maximum Gasteiger partial charge on any atom is 0.236 e. The van der Waals surface area contributed by atoms with E-state index in [-0.39, 0.29) is 11.7 Å². The van der Waals surface area contributed by atoms with Crippen molar-refractivity contribution >= 4 is 34.1 Å². The molecule has 152 valence electrons. The third-order valence-electron chi connectivity index (χ3n) is 4.41. The second kappa shape index (κ2) is 8.76. The fourth-order valence-electron chi connectivity index (χ4n) is 2.92. The highest BCUT2D eigenvalue weighted by atomic mass is 32.2. The van der Waals surface area contributed by atoms with Gasteiger partial charge in [0.05, 0.1) is 17.1 Å². The molecule has 4 rings (SSSR count). The van der Waals surface area contributed by atoms with Gasteiger partial charge in [-0.2, -0.15) is 0 Å². The van der Waals surface area contributed by atoms with Crippen molar-refractivity contribution in [3.63, 3.8) is 0 Å². The molecule has 4 aromatic rings. The highest BCUT2D eigenvalue weighted by molar-refractivity contribution is 7.99. The van der Waals surface area contributed by atoms with Crippen LogP contribution in [0.15, 0.2) is 53.1 Å². The van der Waals surface area contributed by atoms with Gasteiger partial charge < -0.3 is 5.32 Å². The summed E-state index contributed by atoms with van der Waals surface area (Å²) >= 11 is 2.73. The van der Waals surface area contributed by atoms with Crippen LogP contribution in [0, 0.1) is 20.8 Å². The fourth-order valence-corrected chi connectivity index (χ4v) is 4.43. The number of nitrogens with one attached hydrogen (secondary N) is 1. The zero-order valence-corrected chi connectivity index (χ0v) is 18.4. The van der Waals surface area contributed by atoms with Gasteiger partial charge in [0, 0.05) is 11.6 Å². The minimum atomic E-state index is -0.143. The van der Waals surface area contributed by atoms with E-state index in [9.17, 15) is 4.79 Å². The summed E-state index contributed by atoms with van der Waals surface area (Å²) in [6.07, 6.45) is 1.72. The monoisotopic (exact) mass is 436 g/mol. The molecule has 0 aliphatic rings. The van der Waals surface area contributed by atoms with Crippen LogP contribution < -0.4 is 5.32 Å². The molecule has 3 heterocycles. The smallest absolute Gasteiger partial charge is 0.236 e. The van der Waals surface area contributed by atoms with Gasteiger partial charge in [-0.05, 0) is 50.1 Å². The van der Waals surface area contributed by atoms with Crippen molar-refractivity contribution in [2.24, 2.45) is 0 Å². The SMILES string of the molecule is Cc1ccc(C)c(-n2c(C)nnc2SCC(=O)Nc2nc(-c3ccccn3)cs2)c1. The molecule has 0 saturated carbocycles. The number of benzene rings is 1. The van der Waals surface area contributed by atoms with Crippen molar-refractivity contribution in [2.45, 2.75) is 25.9 Å². The van der Waals surface area contributed by atoms with Gasteiger partial charge >= 0.3 is 0 Å². The van der Waals surface area contributed by atoms with Crippen LogP contribution in [-0.2, 0) is 4.79 Å². The summed E-state index contributed by atoms with van der Waals surface area (Å²) in [5.41, 5.74) is 4.83. The van der Waals surface area contributed by atoms with Crippen LogP contribution in [0.25, 0.3) is 17.1 Å². The van der Waals surface area contributed by atoms with E-state index < -0.39 is 0 Å². The van der Waals surface area contributed by atoms with Crippen LogP contribution in [0.1, 0.15) is 17.0 Å². The van der Waals surface area contributed by atoms with E-state index in [1.165, 1.54) is 23.1 Å². The van der Waals surface area contributed by atoms with Crippen LogP contribution in [-0.4, -0.2) is 36.4 Å². The van der Waals surface area contributed by atoms with E-state index in [1.54, 1.807) is 6.20 Å². The Hall–Kier alpha value is -3.04. The van der Waals surface area contributed by atoms with E-state index in [2.05, 4.69) is 57.5 Å². The molecule has 1 amide bonds. The van der Waals surface area contributed by atoms with Crippen molar-refractivity contribution in [3.8, 4) is 17.1 Å². The van der Waals surface area contributed by atoms with Crippen molar-refractivity contribution < 1.29 is 4.79 Å². The van der Waals surface area contributed by atoms with Gasteiger partial charge in [0.25, 0.3) is 0 Å². The molecule has 0 radical (unpaired) electrons. The van der Waals surface area contributed by atoms with Gasteiger partial charge in [-0.15, -0.1) is 21.5 Å². The molecule has 0 aliphatic heterocycles. The lowest BCUT2D eigenvalue weighted by molar-refractivity contribution is -0.113. The van der Waals surface area contributed by atoms with Crippen LogP contribution >= 0.6 is 23.1 Å². The predicted octanol–water partition coefficient (Wildman–Crippen LogP) is 4.44. The Balaban J connectivity index is 1.44. The standard InChI is InChI=1S/C21H20N6OS2/c1-13-7-8-14(2)18(10-13)27-15(3)25-26-21(27)30-12-19(28)24-20-23-17(11-29-20)16-6-4-5-9-22-16/h4-11H,12H2,1-3H3,(H,23,24,28). The Morgan fingerprint density at radius 2 is 2.00 bits per heavy atom. The van der Waals surface area contributed by atoms with Gasteiger partial charge in [-0.1, -0.05) is 30.0 Å². The van der Waals surface area contributed by atoms with E-state index in [1.807, 2.05) is 35.1 Å². The molecule has 0 bridgehead atoms. The molecule has 0 unspecified atom stereocenters. The number of amides is 1. The fraction of sp³-hybridized carbons (Fsp3) is 0.190. The minimum absolute atomic E-state index is 0.143. The van der Waals surface area contributed by atoms with E-state index >= 15 is 0 Å². The van der Waals surface area contributed by atoms with Gasteiger partial charge in [-0.25, -0.2) is 4.98 Å². The third kappa shape index (κ3) is 4.42. The van der Waals surface area contributed by atoms with Crippen molar-refractivity contribution in [1.29, 1.82) is 0 Å². The Morgan fingerprint density at radius 1 is 1.13 bits per heavy atom. The normalized spacial score (nSPS) is 10.9. The first-order chi connectivity index (χ1) is 14.5. The topological polar surface area (TPSA) is 85.6 Å². The van der Waals surface area contributed by atoms with E-state index in [4.69, 9.17) is 0 Å². The molecule has 0 saturated heterocycles. The highest BCUT2D eigenvalue weighted by Gasteiger charge is 2.16. The zero-order chi connectivity index (χ0) is 21.1. The third-order valence-corrected chi connectivity index (χ3v) is 6.10.